The second kappa shape index (κ2) is 8.52. The van der Waals surface area contributed by atoms with Gasteiger partial charge >= 0.3 is 11.9 Å². The number of carbonyl (C=O) groups is 2. The van der Waals surface area contributed by atoms with E-state index in [9.17, 15) is 14.7 Å². The molecule has 8 atom stereocenters. The molecule has 34 heavy (non-hydrogen) atoms. The Balaban J connectivity index is 1.56. The third kappa shape index (κ3) is 3.53. The molecule has 4 fully saturated rings. The fourth-order valence-electron chi connectivity index (χ4n) is 10.1. The highest BCUT2D eigenvalue weighted by molar-refractivity contribution is 5.85. The average molecular weight is 471 g/mol. The van der Waals surface area contributed by atoms with Crippen LogP contribution in [0.25, 0.3) is 0 Å². The highest BCUT2D eigenvalue weighted by Gasteiger charge is 2.80. The molecule has 4 saturated carbocycles. The van der Waals surface area contributed by atoms with E-state index >= 15 is 0 Å². The smallest absolute Gasteiger partial charge is 0.330 e. The number of fused-ring (bicyclic) bond motifs is 2. The van der Waals surface area contributed by atoms with Gasteiger partial charge in [-0.15, -0.1) is 0 Å². The van der Waals surface area contributed by atoms with Crippen LogP contribution in [-0.2, 0) is 9.59 Å². The van der Waals surface area contributed by atoms with E-state index in [2.05, 4.69) is 34.3 Å². The number of rotatable bonds is 9. The van der Waals surface area contributed by atoms with Crippen LogP contribution in [0.2, 0.25) is 0 Å². The second-order valence-electron chi connectivity index (χ2n) is 13.1. The summed E-state index contributed by atoms with van der Waals surface area (Å²) in [7, 11) is 0. The van der Waals surface area contributed by atoms with Crippen molar-refractivity contribution in [1.29, 1.82) is 0 Å². The average Bonchev–Trinajstić information content (AvgIpc) is 3.35. The second-order valence-corrected chi connectivity index (χ2v) is 13.1. The molecule has 0 aliphatic heterocycles. The molecule has 0 heterocycles. The monoisotopic (exact) mass is 470 g/mol. The maximum atomic E-state index is 11.6. The molecule has 4 aliphatic carbocycles. The molecule has 4 aliphatic rings. The van der Waals surface area contributed by atoms with Gasteiger partial charge in [-0.2, -0.15) is 0 Å². The Hall–Kier alpha value is -1.58. The molecule has 0 saturated heterocycles. The maximum absolute atomic E-state index is 11.6. The minimum Gasteiger partial charge on any atom is -0.481 e. The molecule has 4 rings (SSSR count). The summed E-state index contributed by atoms with van der Waals surface area (Å²) in [6.45, 7) is 15.8. The molecule has 0 bridgehead atoms. The van der Waals surface area contributed by atoms with Crippen LogP contribution in [0.4, 0.5) is 0 Å². The normalized spacial score (nSPS) is 43.9. The van der Waals surface area contributed by atoms with Gasteiger partial charge in [0, 0.05) is 12.0 Å². The minimum atomic E-state index is -0.813. The van der Waals surface area contributed by atoms with Gasteiger partial charge in [0.25, 0.3) is 0 Å². The van der Waals surface area contributed by atoms with E-state index in [0.29, 0.717) is 45.5 Å². The Kier molecular flexibility index (Phi) is 6.39. The van der Waals surface area contributed by atoms with Crippen LogP contribution in [0.15, 0.2) is 23.8 Å². The lowest BCUT2D eigenvalue weighted by atomic mass is 9.43. The van der Waals surface area contributed by atoms with Crippen molar-refractivity contribution in [2.75, 3.05) is 0 Å². The van der Waals surface area contributed by atoms with Crippen molar-refractivity contribution >= 4 is 11.9 Å². The number of allylic oxidation sites excluding steroid dienone is 2. The quantitative estimate of drug-likeness (QED) is 0.270. The van der Waals surface area contributed by atoms with Crippen molar-refractivity contribution in [3.05, 3.63) is 23.8 Å². The highest BCUT2D eigenvalue weighted by Crippen LogP contribution is 2.87. The largest absolute Gasteiger partial charge is 0.481 e. The molecular formula is C30H46O4. The molecule has 0 aromatic rings. The van der Waals surface area contributed by atoms with E-state index in [4.69, 9.17) is 5.11 Å². The summed E-state index contributed by atoms with van der Waals surface area (Å²) in [4.78, 5) is 22.7. The van der Waals surface area contributed by atoms with Crippen LogP contribution in [0, 0.1) is 45.3 Å². The molecule has 2 N–H and O–H groups in total. The van der Waals surface area contributed by atoms with Gasteiger partial charge in [0.1, 0.15) is 0 Å². The summed E-state index contributed by atoms with van der Waals surface area (Å²) in [5, 5.41) is 18.7. The van der Waals surface area contributed by atoms with E-state index in [1.54, 1.807) is 6.92 Å². The van der Waals surface area contributed by atoms with Gasteiger partial charge in [0.15, 0.2) is 0 Å². The molecular weight excluding hydrogens is 424 g/mol. The van der Waals surface area contributed by atoms with Crippen LogP contribution in [0.1, 0.15) is 105 Å². The minimum absolute atomic E-state index is 0.160. The molecule has 4 nitrogen and oxygen atoms in total. The first-order valence-electron chi connectivity index (χ1n) is 13.6. The SMILES string of the molecule is C=C(C)C1CCC2C3(C)CCC(C(C)CC/C=C(/C)C(=O)O)C3(C)CCC23CC13CCC(=O)O. The summed E-state index contributed by atoms with van der Waals surface area (Å²) in [5.41, 5.74) is 2.81. The first-order chi connectivity index (χ1) is 15.8. The lowest BCUT2D eigenvalue weighted by Gasteiger charge is -2.61. The first kappa shape index (κ1) is 25.5. The number of hydrogen-bond acceptors (Lipinski definition) is 2. The molecule has 190 valence electrons. The van der Waals surface area contributed by atoms with Gasteiger partial charge in [-0.25, -0.2) is 4.79 Å². The van der Waals surface area contributed by atoms with Crippen LogP contribution in [-0.4, -0.2) is 22.2 Å². The summed E-state index contributed by atoms with van der Waals surface area (Å²) in [5.74, 6) is 0.964. The van der Waals surface area contributed by atoms with E-state index in [-0.39, 0.29) is 11.8 Å². The summed E-state index contributed by atoms with van der Waals surface area (Å²) >= 11 is 0. The van der Waals surface area contributed by atoms with Crippen molar-refractivity contribution in [3.8, 4) is 0 Å². The fraction of sp³-hybridized carbons (Fsp3) is 0.800. The molecule has 0 aromatic carbocycles. The zero-order chi connectivity index (χ0) is 25.1. The Morgan fingerprint density at radius 2 is 1.76 bits per heavy atom. The molecule has 0 radical (unpaired) electrons. The van der Waals surface area contributed by atoms with Gasteiger partial charge in [-0.3, -0.25) is 4.79 Å². The predicted octanol–water partition coefficient (Wildman–Crippen LogP) is 7.49. The number of carboxylic acids is 2. The van der Waals surface area contributed by atoms with Gasteiger partial charge in [0.2, 0.25) is 0 Å². The van der Waals surface area contributed by atoms with E-state index in [0.717, 1.165) is 19.3 Å². The fourth-order valence-corrected chi connectivity index (χ4v) is 10.1. The zero-order valence-corrected chi connectivity index (χ0v) is 22.1. The topological polar surface area (TPSA) is 74.6 Å². The Bertz CT molecular complexity index is 903. The van der Waals surface area contributed by atoms with Crippen LogP contribution < -0.4 is 0 Å². The van der Waals surface area contributed by atoms with E-state index in [1.165, 1.54) is 50.5 Å². The Morgan fingerprint density at radius 3 is 2.38 bits per heavy atom. The molecule has 8 unspecified atom stereocenters. The summed E-state index contributed by atoms with van der Waals surface area (Å²) < 4.78 is 0. The third-order valence-electron chi connectivity index (χ3n) is 12.0. The number of hydrogen-bond donors (Lipinski definition) is 2. The van der Waals surface area contributed by atoms with Crippen LogP contribution in [0.3, 0.4) is 0 Å². The van der Waals surface area contributed by atoms with Gasteiger partial charge in [-0.05, 0) is 123 Å². The third-order valence-corrected chi connectivity index (χ3v) is 12.0. The van der Waals surface area contributed by atoms with Crippen LogP contribution in [0.5, 0.6) is 0 Å². The predicted molar refractivity (Wildman–Crippen MR) is 135 cm³/mol. The molecule has 0 amide bonds. The lowest BCUT2D eigenvalue weighted by Crippen LogP contribution is -2.54. The highest BCUT2D eigenvalue weighted by atomic mass is 16.4. The Morgan fingerprint density at radius 1 is 1.06 bits per heavy atom. The van der Waals surface area contributed by atoms with Crippen molar-refractivity contribution in [1.82, 2.24) is 0 Å². The summed E-state index contributed by atoms with van der Waals surface area (Å²) in [6, 6.07) is 0. The molecule has 0 aromatic heterocycles. The molecule has 4 heteroatoms. The summed E-state index contributed by atoms with van der Waals surface area (Å²) in [6.07, 6.45) is 13.6. The van der Waals surface area contributed by atoms with Crippen molar-refractivity contribution in [3.63, 3.8) is 0 Å². The standard InChI is InChI=1S/C30H46O4/c1-19(2)22-10-11-24-28(6)14-12-23(20(3)8-7-9-21(4)26(33)34)27(28,5)16-17-30(24)18-29(22,30)15-13-25(31)32/h9,20,22-24H,1,7-8,10-18H2,2-6H3,(H,31,32)(H,33,34)/b21-9-. The molecule has 1 spiro atoms. The van der Waals surface area contributed by atoms with Crippen molar-refractivity contribution in [2.45, 2.75) is 105 Å². The Labute approximate surface area is 206 Å². The maximum Gasteiger partial charge on any atom is 0.330 e. The zero-order valence-electron chi connectivity index (χ0n) is 22.1. The number of aliphatic carboxylic acids is 2. The van der Waals surface area contributed by atoms with Crippen molar-refractivity contribution in [2.24, 2.45) is 45.3 Å². The van der Waals surface area contributed by atoms with E-state index in [1.807, 2.05) is 6.08 Å². The first-order valence-corrected chi connectivity index (χ1v) is 13.6. The van der Waals surface area contributed by atoms with Crippen LogP contribution >= 0.6 is 0 Å². The van der Waals surface area contributed by atoms with Gasteiger partial charge < -0.3 is 10.2 Å². The number of carboxylic acid groups (broad SMARTS) is 2. The van der Waals surface area contributed by atoms with Crippen molar-refractivity contribution < 1.29 is 19.8 Å². The van der Waals surface area contributed by atoms with Gasteiger partial charge in [-0.1, -0.05) is 39.0 Å². The van der Waals surface area contributed by atoms with Gasteiger partial charge in [0.05, 0.1) is 0 Å². The lowest BCUT2D eigenvalue weighted by molar-refractivity contribution is -0.139. The van der Waals surface area contributed by atoms with E-state index < -0.39 is 11.9 Å².